The maximum atomic E-state index is 4.73. The van der Waals surface area contributed by atoms with Gasteiger partial charge in [0.1, 0.15) is 10.0 Å². The van der Waals surface area contributed by atoms with Crippen molar-refractivity contribution in [3.8, 4) is 0 Å². The molecule has 0 spiro atoms. The molecule has 0 bridgehead atoms. The molecule has 0 saturated heterocycles. The average molecular weight is 359 g/mol. The minimum Gasteiger partial charge on any atom is -0.328 e. The Balaban J connectivity index is 1.82. The molecule has 0 saturated carbocycles. The fraction of sp³-hybridized carbons (Fsp3) is 0.267. The van der Waals surface area contributed by atoms with E-state index >= 15 is 0 Å². The SMILES string of the molecule is CCSc1cn2c(C3=CNNC3)cnc2c(Nc2cc(C)ns2)n1. The minimum absolute atomic E-state index is 0.753. The lowest BCUT2D eigenvalue weighted by atomic mass is 10.2. The Morgan fingerprint density at radius 1 is 1.46 bits per heavy atom. The average Bonchev–Trinajstić information content (AvgIpc) is 3.28. The van der Waals surface area contributed by atoms with Crippen LogP contribution in [0.15, 0.2) is 29.7 Å². The molecule has 0 atom stereocenters. The number of rotatable bonds is 5. The van der Waals surface area contributed by atoms with Crippen molar-refractivity contribution in [2.45, 2.75) is 18.9 Å². The lowest BCUT2D eigenvalue weighted by Crippen LogP contribution is -2.20. The molecule has 0 unspecified atom stereocenters. The van der Waals surface area contributed by atoms with Gasteiger partial charge in [-0.25, -0.2) is 15.4 Å². The van der Waals surface area contributed by atoms with E-state index in [1.165, 1.54) is 17.1 Å². The Morgan fingerprint density at radius 2 is 2.38 bits per heavy atom. The number of imidazole rings is 1. The molecule has 0 aromatic carbocycles. The molecule has 3 aromatic heterocycles. The predicted octanol–water partition coefficient (Wildman–Crippen LogP) is 2.80. The van der Waals surface area contributed by atoms with Crippen molar-refractivity contribution in [3.05, 3.63) is 36.0 Å². The highest BCUT2D eigenvalue weighted by Crippen LogP contribution is 2.28. The van der Waals surface area contributed by atoms with Gasteiger partial charge >= 0.3 is 0 Å². The first-order valence-corrected chi connectivity index (χ1v) is 9.39. The van der Waals surface area contributed by atoms with Crippen LogP contribution in [-0.4, -0.2) is 31.0 Å². The van der Waals surface area contributed by atoms with Crippen molar-refractivity contribution in [2.75, 3.05) is 17.6 Å². The summed E-state index contributed by atoms with van der Waals surface area (Å²) in [5.74, 6) is 1.72. The third kappa shape index (κ3) is 2.85. The fourth-order valence-electron chi connectivity index (χ4n) is 2.54. The molecular weight excluding hydrogens is 342 g/mol. The Bertz CT molecular complexity index is 912. The van der Waals surface area contributed by atoms with Crippen molar-refractivity contribution in [1.82, 2.24) is 29.6 Å². The van der Waals surface area contributed by atoms with Gasteiger partial charge in [-0.3, -0.25) is 4.40 Å². The third-order valence-electron chi connectivity index (χ3n) is 3.59. The summed E-state index contributed by atoms with van der Waals surface area (Å²) >= 11 is 3.14. The number of hydrazine groups is 1. The van der Waals surface area contributed by atoms with E-state index in [0.717, 1.165) is 45.2 Å². The van der Waals surface area contributed by atoms with E-state index in [0.29, 0.717) is 0 Å². The first-order chi connectivity index (χ1) is 11.7. The predicted molar refractivity (Wildman–Crippen MR) is 98.6 cm³/mol. The zero-order valence-corrected chi connectivity index (χ0v) is 15.0. The van der Waals surface area contributed by atoms with Gasteiger partial charge in [0.25, 0.3) is 0 Å². The van der Waals surface area contributed by atoms with E-state index in [1.54, 1.807) is 11.8 Å². The van der Waals surface area contributed by atoms with Crippen LogP contribution in [0.1, 0.15) is 18.3 Å². The van der Waals surface area contributed by atoms with Crippen molar-refractivity contribution in [2.24, 2.45) is 0 Å². The van der Waals surface area contributed by atoms with E-state index in [9.17, 15) is 0 Å². The van der Waals surface area contributed by atoms with Crippen LogP contribution >= 0.6 is 23.3 Å². The molecular formula is C15H17N7S2. The second-order valence-electron chi connectivity index (χ2n) is 5.32. The first kappa shape index (κ1) is 15.4. The summed E-state index contributed by atoms with van der Waals surface area (Å²) in [6.07, 6.45) is 5.91. The van der Waals surface area contributed by atoms with Crippen LogP contribution in [0.4, 0.5) is 10.8 Å². The number of aryl methyl sites for hydroxylation is 1. The lowest BCUT2D eigenvalue weighted by molar-refractivity contribution is 0.729. The fourth-order valence-corrected chi connectivity index (χ4v) is 3.84. The smallest absolute Gasteiger partial charge is 0.181 e. The molecule has 1 aliphatic rings. The Hall–Kier alpha value is -2.10. The highest BCUT2D eigenvalue weighted by atomic mass is 32.2. The topological polar surface area (TPSA) is 79.2 Å². The van der Waals surface area contributed by atoms with Gasteiger partial charge in [-0.15, -0.1) is 11.8 Å². The van der Waals surface area contributed by atoms with Crippen molar-refractivity contribution in [3.63, 3.8) is 0 Å². The summed E-state index contributed by atoms with van der Waals surface area (Å²) < 4.78 is 6.41. The van der Waals surface area contributed by atoms with E-state index < -0.39 is 0 Å². The van der Waals surface area contributed by atoms with E-state index in [4.69, 9.17) is 4.98 Å². The first-order valence-electron chi connectivity index (χ1n) is 7.63. The molecule has 7 nitrogen and oxygen atoms in total. The molecule has 0 aliphatic carbocycles. The highest BCUT2D eigenvalue weighted by molar-refractivity contribution is 7.99. The maximum Gasteiger partial charge on any atom is 0.181 e. The number of nitrogens with zero attached hydrogens (tertiary/aromatic N) is 4. The molecule has 4 rings (SSSR count). The zero-order valence-electron chi connectivity index (χ0n) is 13.3. The van der Waals surface area contributed by atoms with E-state index in [2.05, 4.69) is 36.9 Å². The van der Waals surface area contributed by atoms with Crippen LogP contribution in [0.3, 0.4) is 0 Å². The number of anilines is 2. The Kier molecular flexibility index (Phi) is 4.13. The number of hydrogen-bond donors (Lipinski definition) is 3. The number of fused-ring (bicyclic) bond motifs is 1. The molecule has 9 heteroatoms. The summed E-state index contributed by atoms with van der Waals surface area (Å²) in [4.78, 5) is 9.32. The van der Waals surface area contributed by atoms with Crippen LogP contribution in [0.2, 0.25) is 0 Å². The monoisotopic (exact) mass is 359 g/mol. The maximum absolute atomic E-state index is 4.73. The van der Waals surface area contributed by atoms with Crippen LogP contribution in [0.25, 0.3) is 11.2 Å². The highest BCUT2D eigenvalue weighted by Gasteiger charge is 2.16. The third-order valence-corrected chi connectivity index (χ3v) is 5.17. The van der Waals surface area contributed by atoms with Crippen LogP contribution in [0.5, 0.6) is 0 Å². The summed E-state index contributed by atoms with van der Waals surface area (Å²) in [6, 6.07) is 2.01. The van der Waals surface area contributed by atoms with Gasteiger partial charge in [-0.2, -0.15) is 4.37 Å². The van der Waals surface area contributed by atoms with Crippen LogP contribution < -0.4 is 16.2 Å². The van der Waals surface area contributed by atoms with Gasteiger partial charge in [0.2, 0.25) is 0 Å². The Morgan fingerprint density at radius 3 is 3.08 bits per heavy atom. The largest absolute Gasteiger partial charge is 0.328 e. The van der Waals surface area contributed by atoms with Crippen LogP contribution in [-0.2, 0) is 0 Å². The lowest BCUT2D eigenvalue weighted by Gasteiger charge is -2.09. The number of aromatic nitrogens is 4. The number of nitrogens with one attached hydrogen (secondary N) is 3. The summed E-state index contributed by atoms with van der Waals surface area (Å²) in [5, 5.41) is 5.30. The number of thioether (sulfide) groups is 1. The molecule has 0 fully saturated rings. The molecule has 4 heterocycles. The van der Waals surface area contributed by atoms with E-state index in [-0.39, 0.29) is 0 Å². The summed E-state index contributed by atoms with van der Waals surface area (Å²) in [7, 11) is 0. The second kappa shape index (κ2) is 6.42. The normalized spacial score (nSPS) is 14.0. The second-order valence-corrected chi connectivity index (χ2v) is 7.41. The van der Waals surface area contributed by atoms with E-state index in [1.807, 2.05) is 31.6 Å². The van der Waals surface area contributed by atoms with Crippen LogP contribution in [0, 0.1) is 6.92 Å². The molecule has 1 aliphatic heterocycles. The quantitative estimate of drug-likeness (QED) is 0.605. The molecule has 0 amide bonds. The van der Waals surface area contributed by atoms with Gasteiger partial charge in [0.05, 0.1) is 17.6 Å². The van der Waals surface area contributed by atoms with Gasteiger partial charge in [-0.1, -0.05) is 6.92 Å². The molecule has 124 valence electrons. The minimum atomic E-state index is 0.753. The van der Waals surface area contributed by atoms with Gasteiger partial charge < -0.3 is 10.7 Å². The number of hydrogen-bond acceptors (Lipinski definition) is 8. The molecule has 0 radical (unpaired) electrons. The van der Waals surface area contributed by atoms with Crippen molar-refractivity contribution >= 4 is 45.3 Å². The molecule has 3 N–H and O–H groups in total. The summed E-state index contributed by atoms with van der Waals surface area (Å²) in [5.41, 5.74) is 10.2. The summed E-state index contributed by atoms with van der Waals surface area (Å²) in [6.45, 7) is 4.87. The van der Waals surface area contributed by atoms with Crippen molar-refractivity contribution < 1.29 is 0 Å². The molecule has 3 aromatic rings. The standard InChI is InChI=1S/C15H17N7S2/c1-3-23-13-8-22-11(10-5-17-18-6-10)7-16-15(22)14(20-13)19-12-4-9(2)21-24-12/h4-5,7-8,17-18H,3,6H2,1-2H3,(H,19,20). The zero-order chi connectivity index (χ0) is 16.5. The molecule has 24 heavy (non-hydrogen) atoms. The van der Waals surface area contributed by atoms with Gasteiger partial charge in [0, 0.05) is 24.5 Å². The van der Waals surface area contributed by atoms with Crippen molar-refractivity contribution in [1.29, 1.82) is 0 Å². The van der Waals surface area contributed by atoms with Gasteiger partial charge in [-0.05, 0) is 30.3 Å². The Labute approximate surface area is 147 Å². The van der Waals surface area contributed by atoms with Gasteiger partial charge in [0.15, 0.2) is 11.5 Å².